The van der Waals surface area contributed by atoms with Crippen LogP contribution in [0.25, 0.3) is 26.4 Å². The summed E-state index contributed by atoms with van der Waals surface area (Å²) in [7, 11) is 0. The zero-order valence-corrected chi connectivity index (χ0v) is 51.3. The van der Waals surface area contributed by atoms with Gasteiger partial charge in [-0.05, 0) is 69.7 Å². The summed E-state index contributed by atoms with van der Waals surface area (Å²) in [5.74, 6) is 0.124. The van der Waals surface area contributed by atoms with E-state index in [1.165, 1.54) is 4.91 Å². The predicted octanol–water partition coefficient (Wildman–Crippen LogP) is -2.25. The monoisotopic (exact) mass is 1310 g/mol. The van der Waals surface area contributed by atoms with Gasteiger partial charge in [0.1, 0.15) is 30.5 Å². The van der Waals surface area contributed by atoms with E-state index < -0.39 is 98.6 Å². The first-order chi connectivity index (χ1) is 38.6. The minimum Gasteiger partial charge on any atom is -0.394 e. The Kier molecular flexibility index (Phi) is 35.3. The quantitative estimate of drug-likeness (QED) is 0.0254. The maximum Gasteiger partial charge on any atom is 1.00 e. The number of hydrogen-bond donors (Lipinski definition) is 13. The van der Waals surface area contributed by atoms with Crippen LogP contribution in [0.15, 0.2) is 5.11 Å². The van der Waals surface area contributed by atoms with Crippen molar-refractivity contribution < 1.29 is 133 Å². The molecule has 31 heteroatoms. The van der Waals surface area contributed by atoms with E-state index in [0.29, 0.717) is 45.3 Å². The molecule has 0 spiro atoms. The number of hydrogen-bond acceptors (Lipinski definition) is 24. The van der Waals surface area contributed by atoms with E-state index in [-0.39, 0.29) is 96.7 Å². The van der Waals surface area contributed by atoms with Crippen LogP contribution in [0.2, 0.25) is 0 Å². The number of fused-ring (bicyclic) bond motifs is 30. The topological polar surface area (TPSA) is 448 Å². The number of rotatable bonds is 6. The maximum atomic E-state index is 10.0. The van der Waals surface area contributed by atoms with Crippen LogP contribution in [-0.4, -0.2) is 242 Å². The summed E-state index contributed by atoms with van der Waals surface area (Å²) in [4.78, 5) is 4.19. The molecule has 10 bridgehead atoms. The Morgan fingerprint density at radius 1 is 0.432 bits per heavy atom. The summed E-state index contributed by atoms with van der Waals surface area (Å²) in [6.07, 6.45) is -0.0440. The fourth-order valence-electron chi connectivity index (χ4n) is 11.9. The van der Waals surface area contributed by atoms with Gasteiger partial charge in [0.15, 0.2) is 31.5 Å². The Hall–Kier alpha value is -0.180. The van der Waals surface area contributed by atoms with E-state index in [0.717, 1.165) is 101 Å². The van der Waals surface area contributed by atoms with Crippen molar-refractivity contribution in [2.45, 2.75) is 219 Å². The molecule has 81 heavy (non-hydrogen) atoms. The first-order valence-corrected chi connectivity index (χ1v) is 30.4. The van der Waals surface area contributed by atoms with E-state index in [4.69, 9.17) is 74.8 Å². The molecule has 25 unspecified atom stereocenters. The van der Waals surface area contributed by atoms with Crippen LogP contribution in [0.1, 0.15) is 96.3 Å². The second-order valence-electron chi connectivity index (χ2n) is 21.5. The van der Waals surface area contributed by atoms with Gasteiger partial charge in [0.05, 0.1) is 74.2 Å². The Morgan fingerprint density at radius 3 is 1.01 bits per heavy atom. The molecule has 28 nitrogen and oxygen atoms in total. The van der Waals surface area contributed by atoms with Crippen molar-refractivity contribution in [1.29, 1.82) is 0 Å². The molecule has 15 fully saturated rings. The second kappa shape index (κ2) is 39.0. The van der Waals surface area contributed by atoms with Gasteiger partial charge < -0.3 is 120 Å². The van der Waals surface area contributed by atoms with Crippen LogP contribution >= 0.6 is 35.2 Å². The summed E-state index contributed by atoms with van der Waals surface area (Å²) < 4.78 is 55.5. The Bertz CT molecular complexity index is 1630. The fourth-order valence-corrected chi connectivity index (χ4v) is 13.1. The number of ether oxygens (including phenoxy) is 10. The van der Waals surface area contributed by atoms with Gasteiger partial charge in [0.25, 0.3) is 0 Å². The summed E-state index contributed by atoms with van der Waals surface area (Å²) in [5, 5.41) is 111. The van der Waals surface area contributed by atoms with Crippen molar-refractivity contribution in [2.24, 2.45) is 40.4 Å². The van der Waals surface area contributed by atoms with Crippen LogP contribution in [-0.2, 0) is 47.4 Å². The van der Waals surface area contributed by atoms with E-state index in [1.807, 2.05) is 0 Å². The Balaban J connectivity index is 0.000000214. The maximum absolute atomic E-state index is 10.0. The van der Waals surface area contributed by atoms with Gasteiger partial charge in [0, 0.05) is 84.3 Å². The molecule has 15 aliphatic rings. The number of halogens is 1. The van der Waals surface area contributed by atoms with Gasteiger partial charge in [-0.15, -0.1) is 0 Å². The third kappa shape index (κ3) is 21.0. The summed E-state index contributed by atoms with van der Waals surface area (Å²) in [6, 6.07) is 0. The molecular formula is C50H89IN7NaO21S. The largest absolute Gasteiger partial charge is 1.00 e. The van der Waals surface area contributed by atoms with Crippen molar-refractivity contribution in [3.8, 4) is 0 Å². The molecule has 464 valence electrons. The van der Waals surface area contributed by atoms with E-state index in [9.17, 15) is 51.1 Å². The van der Waals surface area contributed by atoms with Crippen LogP contribution in [0.3, 0.4) is 0 Å². The first-order valence-electron chi connectivity index (χ1n) is 28.2. The minimum absolute atomic E-state index is 0. The third-order valence-corrected chi connectivity index (χ3v) is 17.6. The van der Waals surface area contributed by atoms with E-state index in [2.05, 4.69) is 45.2 Å². The Morgan fingerprint density at radius 2 is 0.704 bits per heavy atom. The SMILES string of the molecule is NCC1OC2OCCCCC1C(O)C2O.OC1C2OCCCCC(C(CI)O2)C1O.OC1C2OCCCCC(C(CS)O2)C1O.OCC1OC2OCCCCC1C(O)C2O.[N-]=[N+]=NCC1OC2OCCCCC1C(O)C2O.[N-]=[N+]=[N-].[Na+]. The van der Waals surface area contributed by atoms with Gasteiger partial charge in [-0.3, -0.25) is 4.91 Å². The van der Waals surface area contributed by atoms with Crippen molar-refractivity contribution in [3.63, 3.8) is 0 Å². The van der Waals surface area contributed by atoms with Gasteiger partial charge in [-0.1, -0.05) is 59.8 Å². The van der Waals surface area contributed by atoms with Gasteiger partial charge >= 0.3 is 29.6 Å². The van der Waals surface area contributed by atoms with Crippen LogP contribution in [0.5, 0.6) is 0 Å². The molecule has 0 saturated carbocycles. The molecule has 0 aromatic carbocycles. The smallest absolute Gasteiger partial charge is 0.394 e. The van der Waals surface area contributed by atoms with E-state index >= 15 is 0 Å². The average molecular weight is 1310 g/mol. The number of alkyl halides is 1. The van der Waals surface area contributed by atoms with Crippen molar-refractivity contribution in [1.82, 2.24) is 0 Å². The van der Waals surface area contributed by atoms with Crippen molar-refractivity contribution in [3.05, 3.63) is 26.4 Å². The number of aliphatic hydroxyl groups is 11. The number of nitrogens with two attached hydrogens (primary N) is 1. The molecule has 15 rings (SSSR count). The molecule has 0 aromatic rings. The second-order valence-corrected chi connectivity index (χ2v) is 22.8. The zero-order chi connectivity index (χ0) is 58.3. The zero-order valence-electron chi connectivity index (χ0n) is 46.2. The van der Waals surface area contributed by atoms with Crippen molar-refractivity contribution >= 4 is 35.2 Å². The Labute approximate surface area is 514 Å². The molecule has 13 N–H and O–H groups in total. The van der Waals surface area contributed by atoms with Gasteiger partial charge in [0.2, 0.25) is 0 Å². The number of azide groups is 1. The molecule has 15 saturated heterocycles. The van der Waals surface area contributed by atoms with Crippen LogP contribution in [0, 0.1) is 29.6 Å². The summed E-state index contributed by atoms with van der Waals surface area (Å²) >= 11 is 6.46. The first kappa shape index (κ1) is 73.3. The molecule has 0 amide bonds. The minimum atomic E-state index is -1.03. The van der Waals surface area contributed by atoms with E-state index in [1.54, 1.807) is 0 Å². The standard InChI is InChI=1S/C10H17IO4.C10H17N3O4.C10H19NO4.C10H18O5.C10H18O4S.N3.Na/c11-5-7-6-3-1-2-4-14-10(15-7)9(13)8(6)12;11-13-12-5-7-6-3-1-2-4-16-10(17-7)9(15)8(6)14;2*11-5-7-6-3-1-2-4-14-10(15-7)9(13)8(6)12;11-8-6-3-1-2-4-13-10(9(8)12)14-7(6)5-15;1-3-2;/h6-10,12-13H,1-5H2;6-10,14-15H,1-5H2;6-10,12-13H,1-5,11H2;6-13H,1-5H2;6-12,15H,1-5H2;;/q;;;;;-1;+1. The normalized spacial score (nSPS) is 43.8. The fraction of sp³-hybridized carbons (Fsp3) is 1.00. The molecular weight excluding hydrogens is 1220 g/mol. The molecule has 0 aliphatic carbocycles. The molecule has 15 heterocycles. The average Bonchev–Trinajstić information content (AvgIpc) is 3.92. The van der Waals surface area contributed by atoms with Crippen LogP contribution < -0.4 is 35.3 Å². The molecule has 0 aromatic heterocycles. The number of thiol groups is 1. The van der Waals surface area contributed by atoms with Gasteiger partial charge in [-0.2, -0.15) is 12.6 Å². The summed E-state index contributed by atoms with van der Waals surface area (Å²) in [6.45, 7) is 3.16. The predicted molar refractivity (Wildman–Crippen MR) is 293 cm³/mol. The summed E-state index contributed by atoms with van der Waals surface area (Å²) in [5.41, 5.74) is 27.4. The molecule has 25 atom stereocenters. The van der Waals surface area contributed by atoms with Crippen molar-refractivity contribution in [2.75, 3.05) is 62.9 Å². The third-order valence-electron chi connectivity index (χ3n) is 16.4. The number of aliphatic hydroxyl groups excluding tert-OH is 11. The molecule has 0 radical (unpaired) electrons. The van der Waals surface area contributed by atoms with Gasteiger partial charge in [-0.25, -0.2) is 0 Å². The van der Waals surface area contributed by atoms with Crippen LogP contribution in [0.4, 0.5) is 0 Å². The number of nitrogens with zero attached hydrogens (tertiary/aromatic N) is 6. The molecule has 15 aliphatic heterocycles.